The van der Waals surface area contributed by atoms with Gasteiger partial charge in [0.05, 0.1) is 11.0 Å². The predicted octanol–water partition coefficient (Wildman–Crippen LogP) is 3.12. The molecule has 0 atom stereocenters. The van der Waals surface area contributed by atoms with Gasteiger partial charge in [0.2, 0.25) is 0 Å². The van der Waals surface area contributed by atoms with Gasteiger partial charge in [-0.3, -0.25) is 0 Å². The molecule has 0 amide bonds. The summed E-state index contributed by atoms with van der Waals surface area (Å²) in [5, 5.41) is 14.4. The number of nitrogens with zero attached hydrogens (tertiary/aromatic N) is 4. The lowest BCUT2D eigenvalue weighted by Crippen LogP contribution is -2.38. The fourth-order valence-corrected chi connectivity index (χ4v) is 2.43. The first-order valence-electron chi connectivity index (χ1n) is 7.96. The van der Waals surface area contributed by atoms with Crippen LogP contribution in [0.2, 0.25) is 0 Å². The molecule has 25 heavy (non-hydrogen) atoms. The van der Waals surface area contributed by atoms with Gasteiger partial charge < -0.3 is 15.2 Å². The van der Waals surface area contributed by atoms with Gasteiger partial charge in [0.15, 0.2) is 5.96 Å². The van der Waals surface area contributed by atoms with E-state index in [2.05, 4.69) is 48.7 Å². The van der Waals surface area contributed by atoms with Gasteiger partial charge in [-0.1, -0.05) is 13.0 Å². The van der Waals surface area contributed by atoms with Crippen molar-refractivity contribution in [1.82, 2.24) is 25.4 Å². The average Bonchev–Trinajstić information content (AvgIpc) is 3.03. The van der Waals surface area contributed by atoms with Crippen molar-refractivity contribution in [2.45, 2.75) is 33.4 Å². The summed E-state index contributed by atoms with van der Waals surface area (Å²) >= 11 is 3.15. The van der Waals surface area contributed by atoms with E-state index < -0.39 is 0 Å². The van der Waals surface area contributed by atoms with Crippen molar-refractivity contribution in [2.75, 3.05) is 13.1 Å². The van der Waals surface area contributed by atoms with E-state index in [1.807, 2.05) is 17.6 Å². The normalized spacial score (nSPS) is 11.1. The molecule has 1 aromatic heterocycles. The van der Waals surface area contributed by atoms with Crippen LogP contribution in [-0.2, 0) is 19.5 Å². The Hall–Kier alpha value is -1.23. The van der Waals surface area contributed by atoms with Crippen molar-refractivity contribution in [3.8, 4) is 0 Å². The van der Waals surface area contributed by atoms with Crippen LogP contribution in [0.15, 0.2) is 34.0 Å². The summed E-state index contributed by atoms with van der Waals surface area (Å²) in [6.45, 7) is 6.68. The summed E-state index contributed by atoms with van der Waals surface area (Å²) in [6.07, 6.45) is 2.58. The van der Waals surface area contributed by atoms with Gasteiger partial charge in [0.1, 0.15) is 18.0 Å². The summed E-state index contributed by atoms with van der Waals surface area (Å²) in [5.41, 5.74) is 0.819. The zero-order valence-electron chi connectivity index (χ0n) is 14.3. The summed E-state index contributed by atoms with van der Waals surface area (Å²) < 4.78 is 16.0. The first-order chi connectivity index (χ1) is 11.6. The minimum atomic E-state index is -0.277. The molecule has 0 fully saturated rings. The van der Waals surface area contributed by atoms with Crippen LogP contribution >= 0.6 is 39.9 Å². The number of aromatic nitrogens is 3. The monoisotopic (exact) mass is 524 g/mol. The Kier molecular flexibility index (Phi) is 9.94. The summed E-state index contributed by atoms with van der Waals surface area (Å²) in [5.74, 6) is 1.39. The van der Waals surface area contributed by atoms with Gasteiger partial charge in [0.25, 0.3) is 0 Å². The van der Waals surface area contributed by atoms with Crippen molar-refractivity contribution in [1.29, 1.82) is 0 Å². The molecule has 6 nitrogen and oxygen atoms in total. The molecule has 0 bridgehead atoms. The second kappa shape index (κ2) is 11.4. The molecular weight excluding hydrogens is 502 g/mol. The largest absolute Gasteiger partial charge is 0.357 e. The second-order valence-corrected chi connectivity index (χ2v) is 6.02. The first-order valence-corrected chi connectivity index (χ1v) is 8.76. The molecule has 0 radical (unpaired) electrons. The molecule has 2 aromatic rings. The number of halogens is 3. The highest BCUT2D eigenvalue weighted by Gasteiger charge is 2.03. The number of aliphatic imine (C=N–C) groups is 1. The molecule has 0 unspecified atom stereocenters. The number of guanidine groups is 1. The van der Waals surface area contributed by atoms with Gasteiger partial charge >= 0.3 is 0 Å². The molecule has 2 rings (SSSR count). The van der Waals surface area contributed by atoms with Crippen molar-refractivity contribution in [2.24, 2.45) is 4.99 Å². The third-order valence-corrected chi connectivity index (χ3v) is 4.05. The van der Waals surface area contributed by atoms with E-state index in [1.54, 1.807) is 12.4 Å². The molecule has 9 heteroatoms. The number of benzene rings is 1. The maximum Gasteiger partial charge on any atom is 0.191 e. The predicted molar refractivity (Wildman–Crippen MR) is 112 cm³/mol. The molecule has 0 aliphatic rings. The van der Waals surface area contributed by atoms with Gasteiger partial charge in [-0.15, -0.1) is 34.2 Å². The lowest BCUT2D eigenvalue weighted by atomic mass is 10.2. The minimum absolute atomic E-state index is 0. The van der Waals surface area contributed by atoms with E-state index in [4.69, 9.17) is 0 Å². The van der Waals surface area contributed by atoms with Gasteiger partial charge in [-0.05, 0) is 40.5 Å². The molecule has 0 spiro atoms. The van der Waals surface area contributed by atoms with Crippen LogP contribution in [-0.4, -0.2) is 33.8 Å². The molecular formula is C16H23BrFIN6. The molecule has 1 aromatic carbocycles. The van der Waals surface area contributed by atoms with E-state index in [-0.39, 0.29) is 29.8 Å². The molecule has 0 aliphatic carbocycles. The van der Waals surface area contributed by atoms with Crippen molar-refractivity contribution >= 4 is 45.9 Å². The average molecular weight is 525 g/mol. The van der Waals surface area contributed by atoms with E-state index in [0.29, 0.717) is 23.5 Å². The third kappa shape index (κ3) is 6.89. The maximum atomic E-state index is 13.5. The summed E-state index contributed by atoms with van der Waals surface area (Å²) in [6, 6.07) is 5.03. The maximum absolute atomic E-state index is 13.5. The molecule has 1 heterocycles. The Balaban J connectivity index is 0.00000312. The molecule has 0 saturated carbocycles. The van der Waals surface area contributed by atoms with Crippen LogP contribution in [0.1, 0.15) is 25.2 Å². The molecule has 2 N–H and O–H groups in total. The van der Waals surface area contributed by atoms with Crippen LogP contribution in [0.3, 0.4) is 0 Å². The van der Waals surface area contributed by atoms with Crippen molar-refractivity contribution in [3.05, 3.63) is 46.2 Å². The Morgan fingerprint density at radius 3 is 2.80 bits per heavy atom. The minimum Gasteiger partial charge on any atom is -0.357 e. The fourth-order valence-electron chi connectivity index (χ4n) is 2.18. The number of aryl methyl sites for hydroxylation is 1. The zero-order valence-corrected chi connectivity index (χ0v) is 18.2. The highest BCUT2D eigenvalue weighted by Crippen LogP contribution is 2.16. The van der Waals surface area contributed by atoms with Crippen LogP contribution in [0.5, 0.6) is 0 Å². The number of hydrogen-bond acceptors (Lipinski definition) is 3. The highest BCUT2D eigenvalue weighted by atomic mass is 127. The Bertz CT molecular complexity index is 691. The zero-order chi connectivity index (χ0) is 17.4. The molecule has 0 saturated heterocycles. The number of rotatable bonds is 7. The Morgan fingerprint density at radius 1 is 1.32 bits per heavy atom. The topological polar surface area (TPSA) is 67.1 Å². The highest BCUT2D eigenvalue weighted by molar-refractivity contribution is 14.0. The van der Waals surface area contributed by atoms with E-state index in [0.717, 1.165) is 30.9 Å². The lowest BCUT2D eigenvalue weighted by Gasteiger charge is -2.12. The van der Waals surface area contributed by atoms with Gasteiger partial charge in [-0.25, -0.2) is 9.38 Å². The lowest BCUT2D eigenvalue weighted by molar-refractivity contribution is 0.618. The van der Waals surface area contributed by atoms with E-state index in [9.17, 15) is 4.39 Å². The first kappa shape index (κ1) is 21.8. The Morgan fingerprint density at radius 2 is 2.12 bits per heavy atom. The van der Waals surface area contributed by atoms with Crippen molar-refractivity contribution < 1.29 is 4.39 Å². The standard InChI is InChI=1S/C16H22BrFN6.HI/c1-3-15-23-22-11-24(15)8-7-20-16(19-4-2)21-10-12-5-6-13(17)14(18)9-12;/h5-6,9,11H,3-4,7-8,10H2,1-2H3,(H2,19,20,21);1H. The van der Waals surface area contributed by atoms with Crippen LogP contribution in [0.4, 0.5) is 4.39 Å². The molecule has 138 valence electrons. The van der Waals surface area contributed by atoms with Crippen LogP contribution in [0.25, 0.3) is 0 Å². The smallest absolute Gasteiger partial charge is 0.191 e. The van der Waals surface area contributed by atoms with Crippen molar-refractivity contribution in [3.63, 3.8) is 0 Å². The molecule has 0 aliphatic heterocycles. The number of nitrogens with one attached hydrogen (secondary N) is 2. The quantitative estimate of drug-likeness (QED) is 0.332. The fraction of sp³-hybridized carbons (Fsp3) is 0.438. The Labute approximate surface area is 172 Å². The third-order valence-electron chi connectivity index (χ3n) is 3.41. The van der Waals surface area contributed by atoms with Gasteiger partial charge in [0, 0.05) is 26.1 Å². The van der Waals surface area contributed by atoms with Crippen LogP contribution < -0.4 is 10.6 Å². The summed E-state index contributed by atoms with van der Waals surface area (Å²) in [4.78, 5) is 4.49. The SMILES string of the molecule is CCNC(=NCc1ccc(Br)c(F)c1)NCCn1cnnc1CC.I. The van der Waals surface area contributed by atoms with Gasteiger partial charge in [-0.2, -0.15) is 0 Å². The summed E-state index contributed by atoms with van der Waals surface area (Å²) in [7, 11) is 0. The van der Waals surface area contributed by atoms with E-state index >= 15 is 0 Å². The second-order valence-electron chi connectivity index (χ2n) is 5.16. The van der Waals surface area contributed by atoms with E-state index in [1.165, 1.54) is 6.07 Å². The van der Waals surface area contributed by atoms with Crippen LogP contribution in [0, 0.1) is 5.82 Å². The number of hydrogen-bond donors (Lipinski definition) is 2.